The average Bonchev–Trinajstić information content (AvgIpc) is 3.43. The fourth-order valence-electron chi connectivity index (χ4n) is 5.43. The number of para-hydroxylation sites is 1. The summed E-state index contributed by atoms with van der Waals surface area (Å²) in [7, 11) is 0. The zero-order valence-corrected chi connectivity index (χ0v) is 25.4. The van der Waals surface area contributed by atoms with E-state index in [2.05, 4.69) is 36.7 Å². The SMILES string of the molecule is Cc1ccc(-n2nc(C(C)(C)C)cc2NC(=O)Nc2ccc(C(C(=O)COc3ccccc3)C3CCNCC3)cc2)cc1. The molecule has 0 saturated carbocycles. The van der Waals surface area contributed by atoms with Crippen LogP contribution in [0.25, 0.3) is 5.69 Å². The molecule has 3 aromatic carbocycles. The standard InChI is InChI=1S/C35H41N5O3/c1-24-10-16-28(17-11-24)40-32(22-31(39-40)35(2,3)4)38-34(42)37-27-14-12-25(13-15-27)33(26-18-20-36-21-19-26)30(41)23-43-29-8-6-5-7-9-29/h5-17,22,26,33,36H,18-21,23H2,1-4H3,(H2,37,38,42). The number of benzene rings is 3. The van der Waals surface area contributed by atoms with Crippen molar-refractivity contribution in [2.45, 2.75) is 51.9 Å². The summed E-state index contributed by atoms with van der Waals surface area (Å²) in [6.45, 7) is 10.1. The monoisotopic (exact) mass is 579 g/mol. The van der Waals surface area contributed by atoms with Gasteiger partial charge in [-0.2, -0.15) is 5.10 Å². The molecule has 0 aliphatic carbocycles. The molecule has 1 unspecified atom stereocenters. The van der Waals surface area contributed by atoms with Crippen LogP contribution in [-0.4, -0.2) is 41.3 Å². The summed E-state index contributed by atoms with van der Waals surface area (Å²) >= 11 is 0. The molecule has 43 heavy (non-hydrogen) atoms. The topological polar surface area (TPSA) is 97.3 Å². The zero-order chi connectivity index (χ0) is 30.4. The number of carbonyl (C=O) groups is 2. The van der Waals surface area contributed by atoms with Crippen molar-refractivity contribution in [2.24, 2.45) is 5.92 Å². The number of rotatable bonds is 9. The highest BCUT2D eigenvalue weighted by atomic mass is 16.5. The molecule has 1 saturated heterocycles. The second-order valence-corrected chi connectivity index (χ2v) is 12.2. The lowest BCUT2D eigenvalue weighted by Gasteiger charge is -2.30. The lowest BCUT2D eigenvalue weighted by atomic mass is 9.78. The third-order valence-corrected chi connectivity index (χ3v) is 7.85. The second kappa shape index (κ2) is 13.3. The fraction of sp³-hybridized carbons (Fsp3) is 0.343. The van der Waals surface area contributed by atoms with Crippen molar-refractivity contribution in [1.82, 2.24) is 15.1 Å². The van der Waals surface area contributed by atoms with Gasteiger partial charge in [0.1, 0.15) is 18.2 Å². The van der Waals surface area contributed by atoms with E-state index in [0.29, 0.717) is 17.3 Å². The highest BCUT2D eigenvalue weighted by Gasteiger charge is 2.31. The predicted molar refractivity (Wildman–Crippen MR) is 171 cm³/mol. The number of hydrogen-bond acceptors (Lipinski definition) is 5. The van der Waals surface area contributed by atoms with E-state index >= 15 is 0 Å². The van der Waals surface area contributed by atoms with Crippen LogP contribution in [0.3, 0.4) is 0 Å². The number of ketones is 1. The lowest BCUT2D eigenvalue weighted by Crippen LogP contribution is -2.35. The summed E-state index contributed by atoms with van der Waals surface area (Å²) in [5, 5.41) is 14.1. The Morgan fingerprint density at radius 3 is 2.28 bits per heavy atom. The molecule has 1 aromatic heterocycles. The Balaban J connectivity index is 1.30. The number of carbonyl (C=O) groups excluding carboxylic acids is 2. The number of urea groups is 1. The van der Waals surface area contributed by atoms with E-state index in [1.54, 1.807) is 4.68 Å². The van der Waals surface area contributed by atoms with Crippen LogP contribution in [0.15, 0.2) is 84.9 Å². The Kier molecular flexibility index (Phi) is 9.26. The number of ether oxygens (including phenoxy) is 1. The molecule has 1 aliphatic heterocycles. The maximum absolute atomic E-state index is 13.5. The molecule has 0 bridgehead atoms. The molecule has 0 spiro atoms. The van der Waals surface area contributed by atoms with E-state index in [9.17, 15) is 9.59 Å². The summed E-state index contributed by atoms with van der Waals surface area (Å²) < 4.78 is 7.59. The molecule has 224 valence electrons. The lowest BCUT2D eigenvalue weighted by molar-refractivity contribution is -0.124. The van der Waals surface area contributed by atoms with Crippen molar-refractivity contribution in [3.63, 3.8) is 0 Å². The number of piperidine rings is 1. The van der Waals surface area contributed by atoms with Crippen LogP contribution in [0.2, 0.25) is 0 Å². The molecule has 1 aliphatic rings. The number of amides is 2. The molecule has 2 amide bonds. The van der Waals surface area contributed by atoms with Gasteiger partial charge in [0.25, 0.3) is 0 Å². The quantitative estimate of drug-likeness (QED) is 0.201. The predicted octanol–water partition coefficient (Wildman–Crippen LogP) is 6.85. The number of aromatic nitrogens is 2. The van der Waals surface area contributed by atoms with Gasteiger partial charge < -0.3 is 15.4 Å². The maximum Gasteiger partial charge on any atom is 0.324 e. The molecular weight excluding hydrogens is 538 g/mol. The van der Waals surface area contributed by atoms with E-state index < -0.39 is 0 Å². The normalized spacial score (nSPS) is 14.6. The third-order valence-electron chi connectivity index (χ3n) is 7.85. The summed E-state index contributed by atoms with van der Waals surface area (Å²) in [4.78, 5) is 26.6. The summed E-state index contributed by atoms with van der Waals surface area (Å²) in [6.07, 6.45) is 1.85. The first-order valence-electron chi connectivity index (χ1n) is 14.9. The van der Waals surface area contributed by atoms with Gasteiger partial charge in [-0.25, -0.2) is 9.48 Å². The van der Waals surface area contributed by atoms with Crippen molar-refractivity contribution in [3.05, 3.63) is 102 Å². The van der Waals surface area contributed by atoms with Crippen molar-refractivity contribution >= 4 is 23.3 Å². The Hall–Kier alpha value is -4.43. The van der Waals surface area contributed by atoms with Gasteiger partial charge in [0.05, 0.1) is 11.4 Å². The van der Waals surface area contributed by atoms with Gasteiger partial charge in [0, 0.05) is 23.1 Å². The van der Waals surface area contributed by atoms with E-state index in [0.717, 1.165) is 48.4 Å². The smallest absolute Gasteiger partial charge is 0.324 e. The van der Waals surface area contributed by atoms with Crippen LogP contribution in [-0.2, 0) is 10.2 Å². The van der Waals surface area contributed by atoms with Crippen LogP contribution in [0, 0.1) is 12.8 Å². The average molecular weight is 580 g/mol. The van der Waals surface area contributed by atoms with Crippen molar-refractivity contribution in [3.8, 4) is 11.4 Å². The van der Waals surface area contributed by atoms with E-state index in [1.807, 2.05) is 91.9 Å². The second-order valence-electron chi connectivity index (χ2n) is 12.2. The summed E-state index contributed by atoms with van der Waals surface area (Å²) in [5.74, 6) is 1.29. The van der Waals surface area contributed by atoms with Gasteiger partial charge >= 0.3 is 6.03 Å². The minimum atomic E-state index is -0.372. The van der Waals surface area contributed by atoms with Crippen molar-refractivity contribution in [1.29, 1.82) is 0 Å². The molecular formula is C35H41N5O3. The molecule has 1 atom stereocenters. The molecule has 5 rings (SSSR count). The number of Topliss-reactive ketones (excluding diaryl/α,β-unsaturated/α-hetero) is 1. The van der Waals surface area contributed by atoms with Crippen LogP contribution in [0.4, 0.5) is 16.3 Å². The van der Waals surface area contributed by atoms with Crippen LogP contribution in [0.1, 0.15) is 56.4 Å². The van der Waals surface area contributed by atoms with Crippen molar-refractivity contribution in [2.75, 3.05) is 30.3 Å². The van der Waals surface area contributed by atoms with Crippen molar-refractivity contribution < 1.29 is 14.3 Å². The highest BCUT2D eigenvalue weighted by molar-refractivity contribution is 5.99. The number of anilines is 2. The first kappa shape index (κ1) is 30.0. The number of nitrogens with one attached hydrogen (secondary N) is 3. The molecule has 4 aromatic rings. The minimum absolute atomic E-state index is 0.0201. The molecule has 2 heterocycles. The molecule has 8 heteroatoms. The number of nitrogens with zero attached hydrogens (tertiary/aromatic N) is 2. The molecule has 0 radical (unpaired) electrons. The van der Waals surface area contributed by atoms with E-state index in [1.165, 1.54) is 0 Å². The first-order chi connectivity index (χ1) is 20.7. The summed E-state index contributed by atoms with van der Waals surface area (Å²) in [6, 6.07) is 26.6. The van der Waals surface area contributed by atoms with Gasteiger partial charge in [-0.3, -0.25) is 10.1 Å². The van der Waals surface area contributed by atoms with Gasteiger partial charge in [-0.15, -0.1) is 0 Å². The molecule has 1 fully saturated rings. The van der Waals surface area contributed by atoms with Crippen LogP contribution >= 0.6 is 0 Å². The third kappa shape index (κ3) is 7.70. The zero-order valence-electron chi connectivity index (χ0n) is 25.4. The molecule has 8 nitrogen and oxygen atoms in total. The van der Waals surface area contributed by atoms with Gasteiger partial charge in [-0.1, -0.05) is 68.8 Å². The Labute approximate surface area is 253 Å². The first-order valence-corrected chi connectivity index (χ1v) is 14.9. The van der Waals surface area contributed by atoms with Crippen LogP contribution < -0.4 is 20.7 Å². The fourth-order valence-corrected chi connectivity index (χ4v) is 5.43. The van der Waals surface area contributed by atoms with Gasteiger partial charge in [0.15, 0.2) is 5.78 Å². The number of hydrogen-bond donors (Lipinski definition) is 3. The van der Waals surface area contributed by atoms with Gasteiger partial charge in [0.2, 0.25) is 0 Å². The van der Waals surface area contributed by atoms with E-state index in [-0.39, 0.29) is 35.7 Å². The van der Waals surface area contributed by atoms with Gasteiger partial charge in [-0.05, 0) is 80.7 Å². The Morgan fingerprint density at radius 1 is 0.953 bits per heavy atom. The minimum Gasteiger partial charge on any atom is -0.486 e. The Bertz CT molecular complexity index is 1520. The van der Waals surface area contributed by atoms with Crippen LogP contribution in [0.5, 0.6) is 5.75 Å². The molecule has 3 N–H and O–H groups in total. The summed E-state index contributed by atoms with van der Waals surface area (Å²) in [5.41, 5.74) is 4.27. The van der Waals surface area contributed by atoms with E-state index in [4.69, 9.17) is 9.84 Å². The Morgan fingerprint density at radius 2 is 1.63 bits per heavy atom. The highest BCUT2D eigenvalue weighted by Crippen LogP contribution is 2.33. The maximum atomic E-state index is 13.5. The number of aryl methyl sites for hydroxylation is 1. The largest absolute Gasteiger partial charge is 0.486 e.